The first-order valence-corrected chi connectivity index (χ1v) is 3.77. The zero-order chi connectivity index (χ0) is 9.84. The highest BCUT2D eigenvalue weighted by Gasteiger charge is 2.13. The molecule has 13 heavy (non-hydrogen) atoms. The first kappa shape index (κ1) is 9.25. The standard InChI is InChI=1S/C9H10N2O2/c1-7(11(12)13)8-5-3-4-6-9(8)10-2/h3-6,10H,1H2,2H3. The van der Waals surface area contributed by atoms with Crippen LogP contribution in [0.25, 0.3) is 5.70 Å². The number of hydrogen-bond donors (Lipinski definition) is 1. The second-order valence-corrected chi connectivity index (χ2v) is 2.50. The first-order valence-electron chi connectivity index (χ1n) is 3.77. The van der Waals surface area contributed by atoms with Crippen LogP contribution < -0.4 is 5.32 Å². The Balaban J connectivity index is 3.13. The van der Waals surface area contributed by atoms with E-state index >= 15 is 0 Å². The highest BCUT2D eigenvalue weighted by molar-refractivity contribution is 5.70. The van der Waals surface area contributed by atoms with Crippen molar-refractivity contribution < 1.29 is 4.92 Å². The summed E-state index contributed by atoms with van der Waals surface area (Å²) in [4.78, 5) is 9.96. The Morgan fingerprint density at radius 3 is 2.69 bits per heavy atom. The maximum Gasteiger partial charge on any atom is 0.271 e. The molecule has 0 aliphatic heterocycles. The van der Waals surface area contributed by atoms with Gasteiger partial charge in [-0.05, 0) is 18.7 Å². The van der Waals surface area contributed by atoms with E-state index in [1.807, 2.05) is 6.07 Å². The number of para-hydroxylation sites is 1. The van der Waals surface area contributed by atoms with E-state index in [2.05, 4.69) is 11.9 Å². The van der Waals surface area contributed by atoms with E-state index in [1.54, 1.807) is 25.2 Å². The lowest BCUT2D eigenvalue weighted by atomic mass is 10.1. The fourth-order valence-corrected chi connectivity index (χ4v) is 1.05. The first-order chi connectivity index (χ1) is 6.16. The van der Waals surface area contributed by atoms with E-state index in [9.17, 15) is 10.1 Å². The maximum absolute atomic E-state index is 10.4. The van der Waals surface area contributed by atoms with E-state index in [0.717, 1.165) is 0 Å². The van der Waals surface area contributed by atoms with Gasteiger partial charge in [-0.1, -0.05) is 12.1 Å². The largest absolute Gasteiger partial charge is 0.387 e. The lowest BCUT2D eigenvalue weighted by Gasteiger charge is -2.04. The second kappa shape index (κ2) is 3.71. The molecule has 0 saturated heterocycles. The highest BCUT2D eigenvalue weighted by Crippen LogP contribution is 2.21. The molecule has 0 amide bonds. The molecular formula is C9H10N2O2. The van der Waals surface area contributed by atoms with Gasteiger partial charge in [0, 0.05) is 12.7 Å². The summed E-state index contributed by atoms with van der Waals surface area (Å²) >= 11 is 0. The summed E-state index contributed by atoms with van der Waals surface area (Å²) in [5, 5.41) is 13.3. The molecule has 0 saturated carbocycles. The van der Waals surface area contributed by atoms with Crippen LogP contribution in [0.1, 0.15) is 5.56 Å². The van der Waals surface area contributed by atoms with E-state index in [1.165, 1.54) is 0 Å². The molecule has 0 aliphatic rings. The third-order valence-corrected chi connectivity index (χ3v) is 1.73. The molecule has 0 heterocycles. The van der Waals surface area contributed by atoms with Crippen LogP contribution in [0, 0.1) is 10.1 Å². The van der Waals surface area contributed by atoms with Crippen molar-refractivity contribution in [3.63, 3.8) is 0 Å². The molecule has 0 unspecified atom stereocenters. The minimum Gasteiger partial charge on any atom is -0.387 e. The van der Waals surface area contributed by atoms with Crippen LogP contribution in [0.5, 0.6) is 0 Å². The van der Waals surface area contributed by atoms with Crippen molar-refractivity contribution in [2.24, 2.45) is 0 Å². The lowest BCUT2D eigenvalue weighted by molar-refractivity contribution is -0.374. The van der Waals surface area contributed by atoms with Gasteiger partial charge in [-0.2, -0.15) is 0 Å². The van der Waals surface area contributed by atoms with Gasteiger partial charge in [0.25, 0.3) is 5.70 Å². The molecule has 0 aliphatic carbocycles. The van der Waals surface area contributed by atoms with Gasteiger partial charge in [-0.25, -0.2) is 0 Å². The van der Waals surface area contributed by atoms with Crippen LogP contribution in [0.15, 0.2) is 30.8 Å². The van der Waals surface area contributed by atoms with E-state index < -0.39 is 4.92 Å². The molecule has 4 nitrogen and oxygen atoms in total. The van der Waals surface area contributed by atoms with Crippen molar-refractivity contribution in [1.82, 2.24) is 0 Å². The van der Waals surface area contributed by atoms with Gasteiger partial charge in [-0.3, -0.25) is 10.1 Å². The molecule has 4 heteroatoms. The zero-order valence-corrected chi connectivity index (χ0v) is 7.28. The molecule has 0 radical (unpaired) electrons. The fraction of sp³-hybridized carbons (Fsp3) is 0.111. The summed E-state index contributed by atoms with van der Waals surface area (Å²) in [6.07, 6.45) is 0. The summed E-state index contributed by atoms with van der Waals surface area (Å²) in [5.41, 5.74) is 1.14. The van der Waals surface area contributed by atoms with Gasteiger partial charge in [-0.15, -0.1) is 0 Å². The van der Waals surface area contributed by atoms with Crippen molar-refractivity contribution in [3.05, 3.63) is 46.5 Å². The summed E-state index contributed by atoms with van der Waals surface area (Å²) in [7, 11) is 1.71. The average molecular weight is 178 g/mol. The van der Waals surface area contributed by atoms with Gasteiger partial charge in [0.05, 0.1) is 10.5 Å². The van der Waals surface area contributed by atoms with Crippen molar-refractivity contribution >= 4 is 11.4 Å². The van der Waals surface area contributed by atoms with Gasteiger partial charge in [0.1, 0.15) is 0 Å². The predicted molar refractivity (Wildman–Crippen MR) is 52.0 cm³/mol. The van der Waals surface area contributed by atoms with E-state index in [0.29, 0.717) is 11.3 Å². The smallest absolute Gasteiger partial charge is 0.271 e. The van der Waals surface area contributed by atoms with Crippen LogP contribution in [0.2, 0.25) is 0 Å². The highest BCUT2D eigenvalue weighted by atomic mass is 16.6. The van der Waals surface area contributed by atoms with Gasteiger partial charge >= 0.3 is 0 Å². The third kappa shape index (κ3) is 1.84. The van der Waals surface area contributed by atoms with Crippen LogP contribution >= 0.6 is 0 Å². The predicted octanol–water partition coefficient (Wildman–Crippen LogP) is 1.98. The van der Waals surface area contributed by atoms with Crippen LogP contribution in [-0.4, -0.2) is 12.0 Å². The number of nitrogens with one attached hydrogen (secondary N) is 1. The van der Waals surface area contributed by atoms with Crippen molar-refractivity contribution in [1.29, 1.82) is 0 Å². The van der Waals surface area contributed by atoms with Crippen molar-refractivity contribution in [2.45, 2.75) is 0 Å². The molecule has 0 atom stereocenters. The summed E-state index contributed by atoms with van der Waals surface area (Å²) < 4.78 is 0. The minimum absolute atomic E-state index is 0.0926. The molecule has 0 aromatic heterocycles. The second-order valence-electron chi connectivity index (χ2n) is 2.50. The number of anilines is 1. The molecule has 1 aromatic rings. The Bertz CT molecular complexity index is 347. The molecule has 0 spiro atoms. The number of nitrogens with zero attached hydrogens (tertiary/aromatic N) is 1. The fourth-order valence-electron chi connectivity index (χ4n) is 1.05. The summed E-state index contributed by atoms with van der Waals surface area (Å²) in [6, 6.07) is 6.98. The van der Waals surface area contributed by atoms with E-state index in [4.69, 9.17) is 0 Å². The van der Waals surface area contributed by atoms with Gasteiger partial charge in [0.2, 0.25) is 0 Å². The Morgan fingerprint density at radius 1 is 1.54 bits per heavy atom. The number of nitro groups is 1. The SMILES string of the molecule is C=C(c1ccccc1NC)[N+](=O)[O-]. The van der Waals surface area contributed by atoms with Crippen LogP contribution in [0.3, 0.4) is 0 Å². The van der Waals surface area contributed by atoms with Crippen molar-refractivity contribution in [3.8, 4) is 0 Å². The van der Waals surface area contributed by atoms with E-state index in [-0.39, 0.29) is 5.70 Å². The summed E-state index contributed by atoms with van der Waals surface area (Å²) in [6.45, 7) is 3.39. The van der Waals surface area contributed by atoms with Gasteiger partial charge < -0.3 is 5.32 Å². The number of rotatable bonds is 3. The quantitative estimate of drug-likeness (QED) is 0.568. The Morgan fingerprint density at radius 2 is 2.15 bits per heavy atom. The Labute approximate surface area is 76.0 Å². The Hall–Kier alpha value is -1.84. The van der Waals surface area contributed by atoms with Gasteiger partial charge in [0.15, 0.2) is 0 Å². The number of hydrogen-bond acceptors (Lipinski definition) is 3. The topological polar surface area (TPSA) is 55.2 Å². The maximum atomic E-state index is 10.4. The minimum atomic E-state index is -0.490. The molecule has 1 rings (SSSR count). The molecule has 0 bridgehead atoms. The third-order valence-electron chi connectivity index (χ3n) is 1.73. The molecule has 68 valence electrons. The van der Waals surface area contributed by atoms with Crippen LogP contribution in [-0.2, 0) is 0 Å². The number of benzene rings is 1. The summed E-state index contributed by atoms with van der Waals surface area (Å²) in [5.74, 6) is 0. The molecule has 1 aromatic carbocycles. The zero-order valence-electron chi connectivity index (χ0n) is 7.28. The van der Waals surface area contributed by atoms with Crippen LogP contribution in [0.4, 0.5) is 5.69 Å². The molecule has 0 fully saturated rings. The Kier molecular flexibility index (Phi) is 2.64. The normalized spacial score (nSPS) is 9.31. The van der Waals surface area contributed by atoms with Crippen molar-refractivity contribution in [2.75, 3.05) is 12.4 Å². The average Bonchev–Trinajstić information content (AvgIpc) is 2.16. The molecular weight excluding hydrogens is 168 g/mol. The monoisotopic (exact) mass is 178 g/mol. The lowest BCUT2D eigenvalue weighted by Crippen LogP contribution is -2.00. The molecule has 1 N–H and O–H groups in total.